The molecule has 1 fully saturated rings. The van der Waals surface area contributed by atoms with E-state index in [0.717, 1.165) is 6.42 Å². The predicted molar refractivity (Wildman–Crippen MR) is 97.8 cm³/mol. The number of nitrogens with one attached hydrogen (secondary N) is 4. The van der Waals surface area contributed by atoms with Crippen LogP contribution in [0.4, 0.5) is 0 Å². The minimum atomic E-state index is -1.45. The summed E-state index contributed by atoms with van der Waals surface area (Å²) in [6.45, 7) is -0.0696. The molecule has 0 spiro atoms. The van der Waals surface area contributed by atoms with Crippen molar-refractivity contribution >= 4 is 35.5 Å². The Bertz CT molecular complexity index is 662. The summed E-state index contributed by atoms with van der Waals surface area (Å²) in [7, 11) is 0. The van der Waals surface area contributed by atoms with Crippen LogP contribution < -0.4 is 32.7 Å². The van der Waals surface area contributed by atoms with Crippen molar-refractivity contribution in [2.45, 2.75) is 50.2 Å². The average molecular weight is 414 g/mol. The van der Waals surface area contributed by atoms with E-state index in [-0.39, 0.29) is 12.8 Å². The number of hydrogen-bond acceptors (Lipinski definition) is 7. The fourth-order valence-corrected chi connectivity index (χ4v) is 2.70. The lowest BCUT2D eigenvalue weighted by Gasteiger charge is -2.23. The molecule has 0 aromatic carbocycles. The van der Waals surface area contributed by atoms with Crippen LogP contribution in [0.3, 0.4) is 0 Å². The van der Waals surface area contributed by atoms with Gasteiger partial charge in [0, 0.05) is 6.42 Å². The third kappa shape index (κ3) is 9.01. The van der Waals surface area contributed by atoms with E-state index in [1.165, 1.54) is 0 Å². The maximum Gasteiger partial charge on any atom is 0.322 e. The summed E-state index contributed by atoms with van der Waals surface area (Å²) in [5, 5.41) is 18.4. The Kier molecular flexibility index (Phi) is 9.51. The fraction of sp³-hybridized carbons (Fsp3) is 0.625. The van der Waals surface area contributed by atoms with Gasteiger partial charge in [-0.1, -0.05) is 0 Å². The summed E-state index contributed by atoms with van der Waals surface area (Å²) in [5.74, 6) is -5.14. The molecule has 1 rings (SSSR count). The minimum absolute atomic E-state index is 0.125. The van der Waals surface area contributed by atoms with Gasteiger partial charge >= 0.3 is 5.97 Å². The quantitative estimate of drug-likeness (QED) is 0.166. The summed E-state index contributed by atoms with van der Waals surface area (Å²) >= 11 is 0. The van der Waals surface area contributed by atoms with Crippen LogP contribution in [-0.4, -0.2) is 71.8 Å². The number of carbonyl (C=O) groups excluding carboxylic acids is 5. The van der Waals surface area contributed by atoms with Crippen molar-refractivity contribution in [2.75, 3.05) is 13.1 Å². The highest BCUT2D eigenvalue weighted by Gasteiger charge is 2.30. The maximum absolute atomic E-state index is 12.6. The van der Waals surface area contributed by atoms with E-state index in [2.05, 4.69) is 16.0 Å². The van der Waals surface area contributed by atoms with Crippen molar-refractivity contribution < 1.29 is 33.9 Å². The maximum atomic E-state index is 12.6. The van der Waals surface area contributed by atoms with Crippen molar-refractivity contribution in [1.29, 1.82) is 0 Å². The monoisotopic (exact) mass is 414 g/mol. The fourth-order valence-electron chi connectivity index (χ4n) is 2.70. The van der Waals surface area contributed by atoms with Crippen molar-refractivity contribution in [3.63, 3.8) is 0 Å². The number of carboxylic acid groups (broad SMARTS) is 1. The van der Waals surface area contributed by atoms with Gasteiger partial charge in [-0.2, -0.15) is 0 Å². The molecular weight excluding hydrogens is 388 g/mol. The third-order valence-electron chi connectivity index (χ3n) is 4.14. The Balaban J connectivity index is 2.83. The average Bonchev–Trinajstić information content (AvgIpc) is 3.16. The second-order valence-electron chi connectivity index (χ2n) is 6.56. The van der Waals surface area contributed by atoms with Gasteiger partial charge in [-0.05, 0) is 25.8 Å². The van der Waals surface area contributed by atoms with Gasteiger partial charge in [-0.3, -0.25) is 28.8 Å². The molecule has 0 aromatic rings. The van der Waals surface area contributed by atoms with Crippen molar-refractivity contribution in [3.05, 3.63) is 0 Å². The molecule has 0 bridgehead atoms. The number of hydrogen-bond donors (Lipinski definition) is 7. The third-order valence-corrected chi connectivity index (χ3v) is 4.14. The zero-order valence-corrected chi connectivity index (χ0v) is 15.7. The van der Waals surface area contributed by atoms with Gasteiger partial charge in [0.05, 0.1) is 12.5 Å². The van der Waals surface area contributed by atoms with Crippen LogP contribution in [0.1, 0.15) is 32.1 Å². The van der Waals surface area contributed by atoms with Crippen LogP contribution in [0.5, 0.6) is 0 Å². The van der Waals surface area contributed by atoms with E-state index in [1.807, 2.05) is 5.32 Å². The van der Waals surface area contributed by atoms with Crippen molar-refractivity contribution in [2.24, 2.45) is 11.5 Å². The highest BCUT2D eigenvalue weighted by atomic mass is 16.4. The summed E-state index contributed by atoms with van der Waals surface area (Å²) < 4.78 is 0. The zero-order valence-electron chi connectivity index (χ0n) is 15.7. The Morgan fingerprint density at radius 3 is 2.21 bits per heavy atom. The molecule has 0 saturated carbocycles. The van der Waals surface area contributed by atoms with Crippen LogP contribution in [0.15, 0.2) is 0 Å². The van der Waals surface area contributed by atoms with E-state index in [9.17, 15) is 28.8 Å². The molecule has 1 saturated heterocycles. The number of aliphatic carboxylic acids is 1. The second-order valence-corrected chi connectivity index (χ2v) is 6.56. The first-order chi connectivity index (χ1) is 13.6. The molecule has 1 aliphatic rings. The van der Waals surface area contributed by atoms with E-state index >= 15 is 0 Å². The Labute approximate surface area is 166 Å². The Morgan fingerprint density at radius 2 is 1.69 bits per heavy atom. The molecule has 0 radical (unpaired) electrons. The molecule has 5 amide bonds. The van der Waals surface area contributed by atoms with E-state index in [4.69, 9.17) is 16.6 Å². The number of primary amides is 2. The topological polar surface area (TPSA) is 223 Å². The van der Waals surface area contributed by atoms with Gasteiger partial charge in [0.2, 0.25) is 29.5 Å². The number of rotatable bonds is 12. The van der Waals surface area contributed by atoms with Crippen LogP contribution in [-0.2, 0) is 28.8 Å². The standard InChI is InChI=1S/C16H26N6O7/c17-11(23)4-3-9(21-15(28)8-2-1-5-19-8)16(29)22-10(6-12(18)24)14(27)20-7-13(25)26/h8-10,19H,1-7H2,(H2,17,23)(H2,18,24)(H,20,27)(H,21,28)(H,22,29)(H,25,26). The zero-order chi connectivity index (χ0) is 22.0. The lowest BCUT2D eigenvalue weighted by Crippen LogP contribution is -2.56. The molecule has 0 aromatic heterocycles. The highest BCUT2D eigenvalue weighted by molar-refractivity contribution is 5.95. The number of amides is 5. The smallest absolute Gasteiger partial charge is 0.322 e. The van der Waals surface area contributed by atoms with Gasteiger partial charge in [0.25, 0.3) is 0 Å². The molecule has 0 aliphatic carbocycles. The number of nitrogens with two attached hydrogens (primary N) is 2. The highest BCUT2D eigenvalue weighted by Crippen LogP contribution is 2.07. The molecule has 1 aliphatic heterocycles. The minimum Gasteiger partial charge on any atom is -0.480 e. The Hall–Kier alpha value is -3.22. The van der Waals surface area contributed by atoms with Gasteiger partial charge < -0.3 is 37.8 Å². The predicted octanol–water partition coefficient (Wildman–Crippen LogP) is -3.95. The molecule has 1 heterocycles. The Morgan fingerprint density at radius 1 is 1.00 bits per heavy atom. The molecule has 13 heteroatoms. The van der Waals surface area contributed by atoms with Gasteiger partial charge in [0.15, 0.2) is 0 Å². The first-order valence-electron chi connectivity index (χ1n) is 9.00. The molecule has 162 valence electrons. The SMILES string of the molecule is NC(=O)CCC(NC(=O)C1CCCN1)C(=O)NC(CC(N)=O)C(=O)NCC(=O)O. The first kappa shape index (κ1) is 23.8. The molecular formula is C16H26N6O7. The van der Waals surface area contributed by atoms with E-state index in [1.54, 1.807) is 0 Å². The number of carbonyl (C=O) groups is 6. The second kappa shape index (κ2) is 11.6. The lowest BCUT2D eigenvalue weighted by atomic mass is 10.1. The molecule has 3 unspecified atom stereocenters. The van der Waals surface area contributed by atoms with Crippen LogP contribution in [0, 0.1) is 0 Å². The van der Waals surface area contributed by atoms with E-state index in [0.29, 0.717) is 13.0 Å². The number of carboxylic acids is 1. The molecule has 13 nitrogen and oxygen atoms in total. The van der Waals surface area contributed by atoms with E-state index < -0.39 is 66.6 Å². The lowest BCUT2D eigenvalue weighted by molar-refractivity contribution is -0.138. The van der Waals surface area contributed by atoms with Crippen LogP contribution in [0.25, 0.3) is 0 Å². The van der Waals surface area contributed by atoms with Crippen molar-refractivity contribution in [3.8, 4) is 0 Å². The summed E-state index contributed by atoms with van der Waals surface area (Å²) in [6.07, 6.45) is 0.457. The van der Waals surface area contributed by atoms with Gasteiger partial charge in [-0.25, -0.2) is 0 Å². The summed E-state index contributed by atoms with van der Waals surface area (Å²) in [4.78, 5) is 69.8. The normalized spacial score (nSPS) is 17.6. The molecule has 9 N–H and O–H groups in total. The largest absolute Gasteiger partial charge is 0.480 e. The molecule has 29 heavy (non-hydrogen) atoms. The summed E-state index contributed by atoms with van der Waals surface area (Å²) in [5.41, 5.74) is 10.2. The van der Waals surface area contributed by atoms with Crippen LogP contribution in [0.2, 0.25) is 0 Å². The van der Waals surface area contributed by atoms with Crippen molar-refractivity contribution in [1.82, 2.24) is 21.3 Å². The van der Waals surface area contributed by atoms with Crippen LogP contribution >= 0.6 is 0 Å². The van der Waals surface area contributed by atoms with Gasteiger partial charge in [0.1, 0.15) is 18.6 Å². The first-order valence-corrected chi connectivity index (χ1v) is 9.00. The van der Waals surface area contributed by atoms with Gasteiger partial charge in [-0.15, -0.1) is 0 Å². The summed E-state index contributed by atoms with van der Waals surface area (Å²) in [6, 6.07) is -3.13. The molecule has 3 atom stereocenters.